The van der Waals surface area contributed by atoms with Crippen LogP contribution in [0.25, 0.3) is 0 Å². The van der Waals surface area contributed by atoms with Crippen LogP contribution in [0.4, 0.5) is 0 Å². The van der Waals surface area contributed by atoms with Crippen LogP contribution in [0.2, 0.25) is 0 Å². The van der Waals surface area contributed by atoms with Crippen LogP contribution in [0.5, 0.6) is 0 Å². The van der Waals surface area contributed by atoms with Crippen LogP contribution < -0.4 is 0 Å². The van der Waals surface area contributed by atoms with Crippen molar-refractivity contribution in [3.05, 3.63) is 35.4 Å². The van der Waals surface area contributed by atoms with Gasteiger partial charge in [0.2, 0.25) is 0 Å². The van der Waals surface area contributed by atoms with Crippen LogP contribution in [0.15, 0.2) is 24.3 Å². The van der Waals surface area contributed by atoms with Crippen LogP contribution >= 0.6 is 0 Å². The van der Waals surface area contributed by atoms with Gasteiger partial charge in [0, 0.05) is 25.3 Å². The van der Waals surface area contributed by atoms with Crippen molar-refractivity contribution in [1.82, 2.24) is 4.90 Å². The molecule has 2 N–H and O–H groups in total. The second kappa shape index (κ2) is 7.30. The number of hydrogen-bond donors (Lipinski definition) is 2. The predicted molar refractivity (Wildman–Crippen MR) is 75.5 cm³/mol. The van der Waals surface area contributed by atoms with E-state index in [0.717, 1.165) is 31.6 Å². The first kappa shape index (κ1) is 14.1. The first-order chi connectivity index (χ1) is 9.33. The fraction of sp³-hybridized carbons (Fsp3) is 0.500. The molecule has 0 aliphatic carbocycles. The second-order valence-electron chi connectivity index (χ2n) is 5.02. The Morgan fingerprint density at radius 1 is 1.26 bits per heavy atom. The molecular formula is C16H21NO2. The van der Waals surface area contributed by atoms with E-state index >= 15 is 0 Å². The number of likely N-dealkylation sites (tertiary alicyclic amines) is 1. The number of aliphatic hydroxyl groups is 2. The maximum atomic E-state index is 8.98. The molecular weight excluding hydrogens is 238 g/mol. The van der Waals surface area contributed by atoms with E-state index in [1.165, 1.54) is 12.0 Å². The van der Waals surface area contributed by atoms with Crippen molar-refractivity contribution in [3.63, 3.8) is 0 Å². The zero-order valence-electron chi connectivity index (χ0n) is 11.2. The number of nitrogens with zero attached hydrogens (tertiary/aromatic N) is 1. The van der Waals surface area contributed by atoms with Crippen LogP contribution in [0, 0.1) is 17.8 Å². The van der Waals surface area contributed by atoms with E-state index in [-0.39, 0.29) is 13.2 Å². The molecule has 1 aliphatic rings. The van der Waals surface area contributed by atoms with E-state index in [0.29, 0.717) is 5.92 Å². The van der Waals surface area contributed by atoms with Crippen molar-refractivity contribution >= 4 is 0 Å². The fourth-order valence-electron chi connectivity index (χ4n) is 2.63. The lowest BCUT2D eigenvalue weighted by Gasteiger charge is -2.17. The summed E-state index contributed by atoms with van der Waals surface area (Å²) in [4.78, 5) is 2.42. The molecule has 19 heavy (non-hydrogen) atoms. The zero-order valence-corrected chi connectivity index (χ0v) is 11.2. The van der Waals surface area contributed by atoms with Crippen molar-refractivity contribution in [2.24, 2.45) is 5.92 Å². The summed E-state index contributed by atoms with van der Waals surface area (Å²) in [6.45, 7) is 3.24. The minimum absolute atomic E-state index is 0.101. The standard InChI is InChI=1S/C16H21NO2/c18-10-3-6-15-4-1-2-5-16(15)13-17-9-7-14(12-17)8-11-19/h1-2,4-5,14,18-19H,7-13H2. The van der Waals surface area contributed by atoms with Gasteiger partial charge in [-0.2, -0.15) is 0 Å². The van der Waals surface area contributed by atoms with Gasteiger partial charge in [-0.15, -0.1) is 0 Å². The summed E-state index contributed by atoms with van der Waals surface area (Å²) in [5, 5.41) is 17.8. The maximum absolute atomic E-state index is 8.98. The zero-order chi connectivity index (χ0) is 13.5. The predicted octanol–water partition coefficient (Wildman–Crippen LogP) is 1.23. The van der Waals surface area contributed by atoms with Crippen LogP contribution in [-0.4, -0.2) is 41.4 Å². The molecule has 0 radical (unpaired) electrons. The Balaban J connectivity index is 2.00. The van der Waals surface area contributed by atoms with Gasteiger partial charge in [-0.05, 0) is 36.9 Å². The van der Waals surface area contributed by atoms with Gasteiger partial charge in [0.05, 0.1) is 0 Å². The summed E-state index contributed by atoms with van der Waals surface area (Å²) in [5.74, 6) is 6.35. The van der Waals surface area contributed by atoms with E-state index in [9.17, 15) is 0 Å². The number of hydrogen-bond acceptors (Lipinski definition) is 3. The normalized spacial score (nSPS) is 19.2. The molecule has 0 saturated carbocycles. The Hall–Kier alpha value is -1.34. The molecule has 1 aromatic rings. The van der Waals surface area contributed by atoms with Gasteiger partial charge in [-0.3, -0.25) is 4.90 Å². The molecule has 3 nitrogen and oxygen atoms in total. The average molecular weight is 259 g/mol. The minimum atomic E-state index is -0.101. The van der Waals surface area contributed by atoms with Crippen molar-refractivity contribution in [2.45, 2.75) is 19.4 Å². The molecule has 1 unspecified atom stereocenters. The monoisotopic (exact) mass is 259 g/mol. The Morgan fingerprint density at radius 2 is 2.11 bits per heavy atom. The first-order valence-electron chi connectivity index (χ1n) is 6.84. The van der Waals surface area contributed by atoms with Crippen molar-refractivity contribution < 1.29 is 10.2 Å². The fourth-order valence-corrected chi connectivity index (χ4v) is 2.63. The second-order valence-corrected chi connectivity index (χ2v) is 5.02. The Bertz CT molecular complexity index is 461. The number of aliphatic hydroxyl groups excluding tert-OH is 2. The summed E-state index contributed by atoms with van der Waals surface area (Å²) < 4.78 is 0. The van der Waals surface area contributed by atoms with Gasteiger partial charge in [-0.1, -0.05) is 30.0 Å². The Kier molecular flexibility index (Phi) is 5.41. The first-order valence-corrected chi connectivity index (χ1v) is 6.84. The van der Waals surface area contributed by atoms with E-state index in [1.807, 2.05) is 18.2 Å². The number of benzene rings is 1. The average Bonchev–Trinajstić information content (AvgIpc) is 2.86. The molecule has 0 amide bonds. The van der Waals surface area contributed by atoms with Gasteiger partial charge < -0.3 is 10.2 Å². The molecule has 2 rings (SSSR count). The molecule has 1 aromatic carbocycles. The largest absolute Gasteiger partial charge is 0.396 e. The van der Waals surface area contributed by atoms with Gasteiger partial charge in [0.15, 0.2) is 0 Å². The van der Waals surface area contributed by atoms with Gasteiger partial charge in [0.25, 0.3) is 0 Å². The number of rotatable bonds is 4. The molecule has 1 fully saturated rings. The smallest absolute Gasteiger partial charge is 0.104 e. The summed E-state index contributed by atoms with van der Waals surface area (Å²) in [6, 6.07) is 8.10. The molecule has 0 aromatic heterocycles. The molecule has 102 valence electrons. The van der Waals surface area contributed by atoms with E-state index in [2.05, 4.69) is 22.8 Å². The molecule has 1 heterocycles. The summed E-state index contributed by atoms with van der Waals surface area (Å²) >= 11 is 0. The third kappa shape index (κ3) is 4.07. The molecule has 0 bridgehead atoms. The Morgan fingerprint density at radius 3 is 2.89 bits per heavy atom. The highest BCUT2D eigenvalue weighted by Gasteiger charge is 2.22. The summed E-state index contributed by atoms with van der Waals surface area (Å²) in [7, 11) is 0. The lowest BCUT2D eigenvalue weighted by Crippen LogP contribution is -2.21. The molecule has 1 aliphatic heterocycles. The SMILES string of the molecule is OCC#Cc1ccccc1CN1CCC(CCO)C1. The maximum Gasteiger partial charge on any atom is 0.104 e. The van der Waals surface area contributed by atoms with E-state index in [1.54, 1.807) is 0 Å². The van der Waals surface area contributed by atoms with Crippen molar-refractivity contribution in [3.8, 4) is 11.8 Å². The summed E-state index contributed by atoms with van der Waals surface area (Å²) in [5.41, 5.74) is 2.22. The molecule has 1 atom stereocenters. The molecule has 3 heteroatoms. The third-order valence-electron chi connectivity index (χ3n) is 3.62. The van der Waals surface area contributed by atoms with Crippen molar-refractivity contribution in [2.75, 3.05) is 26.3 Å². The highest BCUT2D eigenvalue weighted by Crippen LogP contribution is 2.22. The Labute approximate surface area is 114 Å². The van der Waals surface area contributed by atoms with E-state index < -0.39 is 0 Å². The lowest BCUT2D eigenvalue weighted by molar-refractivity contribution is 0.249. The highest BCUT2D eigenvalue weighted by molar-refractivity contribution is 5.41. The minimum Gasteiger partial charge on any atom is -0.396 e. The van der Waals surface area contributed by atoms with E-state index in [4.69, 9.17) is 10.2 Å². The van der Waals surface area contributed by atoms with Gasteiger partial charge >= 0.3 is 0 Å². The van der Waals surface area contributed by atoms with Crippen LogP contribution in [-0.2, 0) is 6.54 Å². The van der Waals surface area contributed by atoms with Gasteiger partial charge in [-0.25, -0.2) is 0 Å². The molecule has 1 saturated heterocycles. The quantitative estimate of drug-likeness (QED) is 0.800. The summed E-state index contributed by atoms with van der Waals surface area (Å²) in [6.07, 6.45) is 2.08. The molecule has 0 spiro atoms. The van der Waals surface area contributed by atoms with Crippen LogP contribution in [0.3, 0.4) is 0 Å². The highest BCUT2D eigenvalue weighted by atomic mass is 16.3. The topological polar surface area (TPSA) is 43.7 Å². The van der Waals surface area contributed by atoms with Crippen molar-refractivity contribution in [1.29, 1.82) is 0 Å². The lowest BCUT2D eigenvalue weighted by atomic mass is 10.1. The third-order valence-corrected chi connectivity index (χ3v) is 3.62. The van der Waals surface area contributed by atoms with Gasteiger partial charge in [0.1, 0.15) is 6.61 Å². The van der Waals surface area contributed by atoms with Crippen LogP contribution in [0.1, 0.15) is 24.0 Å².